The van der Waals surface area contributed by atoms with Crippen LogP contribution in [0, 0.1) is 0 Å². The van der Waals surface area contributed by atoms with Crippen molar-refractivity contribution in [1.29, 1.82) is 0 Å². The molecule has 1 aliphatic heterocycles. The lowest BCUT2D eigenvalue weighted by atomic mass is 10.1. The van der Waals surface area contributed by atoms with Crippen LogP contribution in [0.25, 0.3) is 0 Å². The van der Waals surface area contributed by atoms with Gasteiger partial charge in [0.2, 0.25) is 29.5 Å². The second kappa shape index (κ2) is 19.0. The Balaban J connectivity index is 2.33. The van der Waals surface area contributed by atoms with E-state index < -0.39 is 23.8 Å². The highest BCUT2D eigenvalue weighted by molar-refractivity contribution is 6.13. The Morgan fingerprint density at radius 3 is 1.90 bits per heavy atom. The zero-order valence-corrected chi connectivity index (χ0v) is 23.1. The number of Topliss-reactive ketones (excluding diaryl/α,β-unsaturated/α-hetero) is 1. The number of hydrogen-bond acceptors (Lipinski definition) is 8. The predicted octanol–water partition coefficient (Wildman–Crippen LogP) is -1.41. The van der Waals surface area contributed by atoms with Crippen molar-refractivity contribution in [3.63, 3.8) is 0 Å². The summed E-state index contributed by atoms with van der Waals surface area (Å²) >= 11 is 0. The van der Waals surface area contributed by atoms with Crippen molar-refractivity contribution < 1.29 is 38.4 Å². The SMILES string of the molecule is CC(=O)NCC(=O)NCCCCC(NC(=O)CNC(C)=O)C(=O)NCCCCCC(=O)CCN1C(=O)C=CC1=O. The standard InChI is InChI=1S/C26H40N6O8/c1-18(33)29-16-22(36)27-13-7-5-9-21(31-23(37)17-30-19(2)34)26(40)28-14-6-3-4-8-20(35)12-15-32-24(38)10-11-25(32)39/h10-11,21H,3-9,12-17H2,1-2H3,(H,27,36)(H,28,40)(H,29,33)(H,30,34)(H,31,37). The van der Waals surface area contributed by atoms with Crippen LogP contribution in [-0.4, -0.2) is 90.8 Å². The minimum Gasteiger partial charge on any atom is -0.355 e. The van der Waals surface area contributed by atoms with Crippen LogP contribution in [0.1, 0.15) is 65.2 Å². The van der Waals surface area contributed by atoms with Crippen molar-refractivity contribution in [2.45, 2.75) is 71.3 Å². The Kier molecular flexibility index (Phi) is 16.1. The average Bonchev–Trinajstić information content (AvgIpc) is 3.22. The molecule has 0 aromatic heterocycles. The minimum absolute atomic E-state index is 0.0511. The molecule has 0 saturated heterocycles. The van der Waals surface area contributed by atoms with Crippen LogP contribution in [0.15, 0.2) is 12.2 Å². The molecular formula is C26H40N6O8. The molecular weight excluding hydrogens is 524 g/mol. The van der Waals surface area contributed by atoms with E-state index in [9.17, 15) is 38.4 Å². The fourth-order valence-electron chi connectivity index (χ4n) is 3.66. The molecule has 14 nitrogen and oxygen atoms in total. The van der Waals surface area contributed by atoms with Crippen molar-refractivity contribution in [2.75, 3.05) is 32.7 Å². The minimum atomic E-state index is -0.830. The predicted molar refractivity (Wildman–Crippen MR) is 143 cm³/mol. The number of unbranched alkanes of at least 4 members (excludes halogenated alkanes) is 3. The maximum atomic E-state index is 12.7. The third kappa shape index (κ3) is 15.3. The number of imide groups is 1. The quantitative estimate of drug-likeness (QED) is 0.0877. The van der Waals surface area contributed by atoms with Gasteiger partial charge in [-0.25, -0.2) is 0 Å². The van der Waals surface area contributed by atoms with Crippen LogP contribution in [-0.2, 0) is 38.4 Å². The monoisotopic (exact) mass is 564 g/mol. The second-order valence-corrected chi connectivity index (χ2v) is 9.34. The van der Waals surface area contributed by atoms with Gasteiger partial charge in [0.15, 0.2) is 0 Å². The van der Waals surface area contributed by atoms with E-state index in [0.29, 0.717) is 58.0 Å². The largest absolute Gasteiger partial charge is 0.355 e. The fraction of sp³-hybridized carbons (Fsp3) is 0.615. The molecule has 0 aromatic rings. The lowest BCUT2D eigenvalue weighted by Crippen LogP contribution is -2.49. The van der Waals surface area contributed by atoms with E-state index in [0.717, 1.165) is 4.90 Å². The summed E-state index contributed by atoms with van der Waals surface area (Å²) in [4.78, 5) is 94.5. The van der Waals surface area contributed by atoms with E-state index >= 15 is 0 Å². The van der Waals surface area contributed by atoms with Crippen LogP contribution in [0.4, 0.5) is 0 Å². The van der Waals surface area contributed by atoms with Gasteiger partial charge in [-0.3, -0.25) is 43.3 Å². The Morgan fingerprint density at radius 1 is 0.700 bits per heavy atom. The number of rotatable bonds is 20. The van der Waals surface area contributed by atoms with Gasteiger partial charge in [-0.2, -0.15) is 0 Å². The molecule has 5 N–H and O–H groups in total. The number of hydrogen-bond donors (Lipinski definition) is 5. The van der Waals surface area contributed by atoms with E-state index in [1.54, 1.807) is 0 Å². The van der Waals surface area contributed by atoms with Gasteiger partial charge in [0, 0.05) is 58.5 Å². The highest BCUT2D eigenvalue weighted by atomic mass is 16.2. The molecule has 0 radical (unpaired) electrons. The third-order valence-electron chi connectivity index (χ3n) is 5.84. The molecule has 0 aromatic carbocycles. The molecule has 222 valence electrons. The first-order valence-electron chi connectivity index (χ1n) is 13.4. The molecule has 1 unspecified atom stereocenters. The van der Waals surface area contributed by atoms with Crippen molar-refractivity contribution in [2.24, 2.45) is 0 Å². The molecule has 14 heteroatoms. The fourth-order valence-corrected chi connectivity index (χ4v) is 3.66. The molecule has 0 fully saturated rings. The maximum Gasteiger partial charge on any atom is 0.253 e. The molecule has 40 heavy (non-hydrogen) atoms. The third-order valence-corrected chi connectivity index (χ3v) is 5.84. The van der Waals surface area contributed by atoms with E-state index in [-0.39, 0.29) is 55.5 Å². The van der Waals surface area contributed by atoms with Gasteiger partial charge in [-0.05, 0) is 32.1 Å². The topological polar surface area (TPSA) is 200 Å². The molecule has 1 rings (SSSR count). The van der Waals surface area contributed by atoms with Gasteiger partial charge < -0.3 is 26.6 Å². The summed E-state index contributed by atoms with van der Waals surface area (Å²) in [5.74, 6) is -2.78. The number of nitrogens with one attached hydrogen (secondary N) is 5. The van der Waals surface area contributed by atoms with Crippen molar-refractivity contribution in [3.8, 4) is 0 Å². The molecule has 1 aliphatic rings. The van der Waals surface area contributed by atoms with Gasteiger partial charge in [0.05, 0.1) is 13.1 Å². The number of carbonyl (C=O) groups excluding carboxylic acids is 8. The first-order valence-corrected chi connectivity index (χ1v) is 13.4. The van der Waals surface area contributed by atoms with Crippen LogP contribution < -0.4 is 26.6 Å². The number of carbonyl (C=O) groups is 8. The zero-order valence-electron chi connectivity index (χ0n) is 23.1. The molecule has 1 atom stereocenters. The van der Waals surface area contributed by atoms with Crippen LogP contribution in [0.5, 0.6) is 0 Å². The van der Waals surface area contributed by atoms with Crippen molar-refractivity contribution in [1.82, 2.24) is 31.5 Å². The van der Waals surface area contributed by atoms with Crippen LogP contribution >= 0.6 is 0 Å². The first-order chi connectivity index (χ1) is 19.0. The highest BCUT2D eigenvalue weighted by Crippen LogP contribution is 2.08. The number of amides is 7. The number of nitrogens with zero attached hydrogens (tertiary/aromatic N) is 1. The molecule has 1 heterocycles. The molecule has 0 saturated carbocycles. The van der Waals surface area contributed by atoms with Gasteiger partial charge in [0.25, 0.3) is 11.8 Å². The zero-order chi connectivity index (χ0) is 29.9. The Labute approximate surface area is 233 Å². The van der Waals surface area contributed by atoms with E-state index in [1.165, 1.54) is 26.0 Å². The van der Waals surface area contributed by atoms with Crippen molar-refractivity contribution in [3.05, 3.63) is 12.2 Å². The van der Waals surface area contributed by atoms with Crippen LogP contribution in [0.3, 0.4) is 0 Å². The van der Waals surface area contributed by atoms with E-state index in [2.05, 4.69) is 26.6 Å². The smallest absolute Gasteiger partial charge is 0.253 e. The molecule has 0 aliphatic carbocycles. The summed E-state index contributed by atoms with van der Waals surface area (Å²) in [5.41, 5.74) is 0. The maximum absolute atomic E-state index is 12.7. The second-order valence-electron chi connectivity index (χ2n) is 9.34. The van der Waals surface area contributed by atoms with Gasteiger partial charge in [0.1, 0.15) is 11.8 Å². The Bertz CT molecular complexity index is 962. The van der Waals surface area contributed by atoms with Crippen molar-refractivity contribution >= 4 is 47.1 Å². The molecule has 0 spiro atoms. The van der Waals surface area contributed by atoms with E-state index in [1.807, 2.05) is 0 Å². The average molecular weight is 565 g/mol. The summed E-state index contributed by atoms with van der Waals surface area (Å²) < 4.78 is 0. The summed E-state index contributed by atoms with van der Waals surface area (Å²) in [6, 6.07) is -0.830. The van der Waals surface area contributed by atoms with Gasteiger partial charge >= 0.3 is 0 Å². The van der Waals surface area contributed by atoms with Gasteiger partial charge in [-0.15, -0.1) is 0 Å². The summed E-state index contributed by atoms with van der Waals surface area (Å²) in [6.45, 7) is 2.95. The lowest BCUT2D eigenvalue weighted by molar-refractivity contribution is -0.137. The summed E-state index contributed by atoms with van der Waals surface area (Å²) in [6.07, 6.45) is 6.02. The number of ketones is 1. The Hall–Kier alpha value is -4.10. The summed E-state index contributed by atoms with van der Waals surface area (Å²) in [5, 5.41) is 12.8. The van der Waals surface area contributed by atoms with Crippen LogP contribution in [0.2, 0.25) is 0 Å². The van der Waals surface area contributed by atoms with E-state index in [4.69, 9.17) is 0 Å². The normalized spacial score (nSPS) is 13.0. The first kappa shape index (κ1) is 33.9. The highest BCUT2D eigenvalue weighted by Gasteiger charge is 2.23. The molecule has 0 bridgehead atoms. The van der Waals surface area contributed by atoms with Gasteiger partial charge in [-0.1, -0.05) is 6.42 Å². The summed E-state index contributed by atoms with van der Waals surface area (Å²) in [7, 11) is 0. The lowest BCUT2D eigenvalue weighted by Gasteiger charge is -2.19. The Morgan fingerprint density at radius 2 is 1.27 bits per heavy atom. The molecule has 7 amide bonds.